The van der Waals surface area contributed by atoms with Crippen molar-refractivity contribution >= 4 is 5.78 Å². The Bertz CT molecular complexity index is 241. The molecule has 0 fully saturated rings. The first-order valence-electron chi connectivity index (χ1n) is 4.37. The van der Waals surface area contributed by atoms with Gasteiger partial charge in [0.15, 0.2) is 5.78 Å². The van der Waals surface area contributed by atoms with Gasteiger partial charge in [0.25, 0.3) is 0 Å². The predicted octanol–water partition coefficient (Wildman–Crippen LogP) is 0.919. The summed E-state index contributed by atoms with van der Waals surface area (Å²) in [6, 6.07) is 0. The van der Waals surface area contributed by atoms with Crippen LogP contribution in [0.1, 0.15) is 20.3 Å². The molecule has 0 saturated heterocycles. The van der Waals surface area contributed by atoms with Gasteiger partial charge in [-0.15, -0.1) is 0 Å². The van der Waals surface area contributed by atoms with E-state index in [2.05, 4.69) is 0 Å². The highest BCUT2D eigenvalue weighted by Crippen LogP contribution is 2.33. The van der Waals surface area contributed by atoms with Gasteiger partial charge in [0.05, 0.1) is 6.61 Å². The molecule has 1 aliphatic rings. The van der Waals surface area contributed by atoms with E-state index in [1.54, 1.807) is 7.11 Å². The molecule has 0 amide bonds. The smallest absolute Gasteiger partial charge is 0.184 e. The van der Waals surface area contributed by atoms with E-state index in [-0.39, 0.29) is 11.2 Å². The van der Waals surface area contributed by atoms with Gasteiger partial charge in [-0.3, -0.25) is 4.79 Å². The SMILES string of the molecule is COCC1=CC(=O)C(O)C(C)(C)C1. The first-order chi connectivity index (χ1) is 5.97. The van der Waals surface area contributed by atoms with Crippen LogP contribution in [0.4, 0.5) is 0 Å². The normalized spacial score (nSPS) is 27.2. The number of ether oxygens (including phenoxy) is 1. The van der Waals surface area contributed by atoms with E-state index < -0.39 is 6.10 Å². The molecule has 0 aromatic carbocycles. The zero-order valence-corrected chi connectivity index (χ0v) is 8.33. The predicted molar refractivity (Wildman–Crippen MR) is 49.4 cm³/mol. The third-order valence-electron chi connectivity index (χ3n) is 2.37. The molecular weight excluding hydrogens is 168 g/mol. The van der Waals surface area contributed by atoms with Gasteiger partial charge < -0.3 is 9.84 Å². The molecule has 13 heavy (non-hydrogen) atoms. The fourth-order valence-corrected chi connectivity index (χ4v) is 1.68. The van der Waals surface area contributed by atoms with Gasteiger partial charge in [-0.2, -0.15) is 0 Å². The quantitative estimate of drug-likeness (QED) is 0.694. The Labute approximate surface area is 78.4 Å². The molecule has 0 heterocycles. The average Bonchev–Trinajstić information content (AvgIpc) is 2.00. The lowest BCUT2D eigenvalue weighted by atomic mass is 9.74. The minimum atomic E-state index is -0.867. The van der Waals surface area contributed by atoms with Crippen LogP contribution in [-0.4, -0.2) is 30.7 Å². The van der Waals surface area contributed by atoms with Crippen LogP contribution >= 0.6 is 0 Å². The maximum Gasteiger partial charge on any atom is 0.184 e. The van der Waals surface area contributed by atoms with Crippen LogP contribution < -0.4 is 0 Å². The summed E-state index contributed by atoms with van der Waals surface area (Å²) in [5.74, 6) is -0.205. The van der Waals surface area contributed by atoms with Crippen molar-refractivity contribution in [3.63, 3.8) is 0 Å². The topological polar surface area (TPSA) is 46.5 Å². The van der Waals surface area contributed by atoms with Crippen molar-refractivity contribution in [2.24, 2.45) is 5.41 Å². The zero-order chi connectivity index (χ0) is 10.1. The molecule has 0 saturated carbocycles. The molecule has 0 spiro atoms. The summed E-state index contributed by atoms with van der Waals surface area (Å²) in [7, 11) is 1.60. The molecular formula is C10H16O3. The maximum absolute atomic E-state index is 11.3. The van der Waals surface area contributed by atoms with Gasteiger partial charge in [-0.25, -0.2) is 0 Å². The Morgan fingerprint density at radius 3 is 2.77 bits per heavy atom. The first-order valence-corrected chi connectivity index (χ1v) is 4.37. The number of carbonyl (C=O) groups excluding carboxylic acids is 1. The lowest BCUT2D eigenvalue weighted by Gasteiger charge is -2.33. The molecule has 3 nitrogen and oxygen atoms in total. The van der Waals surface area contributed by atoms with Crippen LogP contribution in [-0.2, 0) is 9.53 Å². The number of aliphatic hydroxyl groups is 1. The van der Waals surface area contributed by atoms with Crippen molar-refractivity contribution in [3.05, 3.63) is 11.6 Å². The molecule has 0 aromatic heterocycles. The number of aliphatic hydroxyl groups excluding tert-OH is 1. The molecule has 0 aliphatic heterocycles. The Kier molecular flexibility index (Phi) is 2.88. The molecule has 1 unspecified atom stereocenters. The second kappa shape index (κ2) is 3.60. The van der Waals surface area contributed by atoms with E-state index in [1.165, 1.54) is 6.08 Å². The van der Waals surface area contributed by atoms with Gasteiger partial charge in [0.1, 0.15) is 6.10 Å². The van der Waals surface area contributed by atoms with Crippen LogP contribution in [0.15, 0.2) is 11.6 Å². The van der Waals surface area contributed by atoms with Crippen molar-refractivity contribution in [2.45, 2.75) is 26.4 Å². The van der Waals surface area contributed by atoms with Crippen LogP contribution in [0.2, 0.25) is 0 Å². The summed E-state index contributed by atoms with van der Waals surface area (Å²) in [5.41, 5.74) is 0.600. The van der Waals surface area contributed by atoms with E-state index in [1.807, 2.05) is 13.8 Å². The second-order valence-corrected chi connectivity index (χ2v) is 4.21. The number of rotatable bonds is 2. The first kappa shape index (κ1) is 10.4. The summed E-state index contributed by atoms with van der Waals surface area (Å²) in [5, 5.41) is 9.56. The monoisotopic (exact) mass is 184 g/mol. The zero-order valence-electron chi connectivity index (χ0n) is 8.33. The van der Waals surface area contributed by atoms with E-state index in [0.29, 0.717) is 13.0 Å². The standard InChI is InChI=1S/C10H16O3/c1-10(2)5-7(6-13-3)4-8(11)9(10)12/h4,9,12H,5-6H2,1-3H3. The Hall–Kier alpha value is -0.670. The van der Waals surface area contributed by atoms with Gasteiger partial charge in [-0.1, -0.05) is 13.8 Å². The van der Waals surface area contributed by atoms with Crippen molar-refractivity contribution in [1.82, 2.24) is 0 Å². The fourth-order valence-electron chi connectivity index (χ4n) is 1.68. The molecule has 1 N–H and O–H groups in total. The summed E-state index contributed by atoms with van der Waals surface area (Å²) in [6.45, 7) is 4.25. The van der Waals surface area contributed by atoms with Crippen molar-refractivity contribution in [2.75, 3.05) is 13.7 Å². The number of hydrogen-bond donors (Lipinski definition) is 1. The van der Waals surface area contributed by atoms with Gasteiger partial charge in [-0.05, 0) is 18.1 Å². The number of methoxy groups -OCH3 is 1. The Balaban J connectivity index is 2.82. The molecule has 74 valence electrons. The summed E-state index contributed by atoms with van der Waals surface area (Å²) < 4.78 is 4.96. The molecule has 3 heteroatoms. The lowest BCUT2D eigenvalue weighted by Crippen LogP contribution is -2.39. The second-order valence-electron chi connectivity index (χ2n) is 4.21. The summed E-state index contributed by atoms with van der Waals surface area (Å²) in [4.78, 5) is 11.3. The van der Waals surface area contributed by atoms with E-state index in [4.69, 9.17) is 4.74 Å². The van der Waals surface area contributed by atoms with Crippen molar-refractivity contribution in [1.29, 1.82) is 0 Å². The fraction of sp³-hybridized carbons (Fsp3) is 0.700. The minimum Gasteiger partial charge on any atom is -0.384 e. The number of ketones is 1. The largest absolute Gasteiger partial charge is 0.384 e. The van der Waals surface area contributed by atoms with Gasteiger partial charge in [0, 0.05) is 12.5 Å². The highest BCUT2D eigenvalue weighted by molar-refractivity contribution is 5.95. The van der Waals surface area contributed by atoms with Crippen LogP contribution in [0.25, 0.3) is 0 Å². The van der Waals surface area contributed by atoms with Gasteiger partial charge in [0.2, 0.25) is 0 Å². The minimum absolute atomic E-state index is 0.205. The molecule has 1 atom stereocenters. The Morgan fingerprint density at radius 2 is 2.31 bits per heavy atom. The number of hydrogen-bond acceptors (Lipinski definition) is 3. The van der Waals surface area contributed by atoms with Crippen LogP contribution in [0.5, 0.6) is 0 Å². The molecule has 0 radical (unpaired) electrons. The van der Waals surface area contributed by atoms with E-state index in [0.717, 1.165) is 5.57 Å². The van der Waals surface area contributed by atoms with Crippen LogP contribution in [0.3, 0.4) is 0 Å². The highest BCUT2D eigenvalue weighted by Gasteiger charge is 2.36. The summed E-state index contributed by atoms with van der Waals surface area (Å²) >= 11 is 0. The van der Waals surface area contributed by atoms with E-state index >= 15 is 0 Å². The van der Waals surface area contributed by atoms with Gasteiger partial charge >= 0.3 is 0 Å². The molecule has 0 bridgehead atoms. The third-order valence-corrected chi connectivity index (χ3v) is 2.37. The summed E-state index contributed by atoms with van der Waals surface area (Å²) in [6.07, 6.45) is 1.35. The highest BCUT2D eigenvalue weighted by atomic mass is 16.5. The number of carbonyl (C=O) groups is 1. The van der Waals surface area contributed by atoms with E-state index in [9.17, 15) is 9.90 Å². The van der Waals surface area contributed by atoms with Crippen molar-refractivity contribution < 1.29 is 14.6 Å². The molecule has 1 aliphatic carbocycles. The Morgan fingerprint density at radius 1 is 1.69 bits per heavy atom. The molecule has 1 rings (SSSR count). The van der Waals surface area contributed by atoms with Crippen LogP contribution in [0, 0.1) is 5.41 Å². The third kappa shape index (κ3) is 2.17. The maximum atomic E-state index is 11.3. The molecule has 0 aromatic rings. The average molecular weight is 184 g/mol. The van der Waals surface area contributed by atoms with Crippen molar-refractivity contribution in [3.8, 4) is 0 Å². The lowest BCUT2D eigenvalue weighted by molar-refractivity contribution is -0.129.